The maximum Gasteiger partial charge on any atom is 0.272 e. The Morgan fingerprint density at radius 1 is 0.909 bits per heavy atom. The molecular weight excluding hydrogens is 272 g/mol. The number of rotatable bonds is 0. The van der Waals surface area contributed by atoms with Gasteiger partial charge in [-0.05, 0) is 35.2 Å². The molecule has 0 saturated carbocycles. The minimum atomic E-state index is -0.0489. The molecule has 0 fully saturated rings. The summed E-state index contributed by atoms with van der Waals surface area (Å²) in [7, 11) is 0. The monoisotopic (exact) mass is 290 g/mol. The highest BCUT2D eigenvalue weighted by atomic mass is 16.1. The Morgan fingerprint density at radius 2 is 1.68 bits per heavy atom. The lowest BCUT2D eigenvalue weighted by Crippen LogP contribution is -2.13. The van der Waals surface area contributed by atoms with Crippen molar-refractivity contribution in [1.29, 1.82) is 0 Å². The number of benzene rings is 2. The number of H-pyrrole nitrogens is 1. The van der Waals surface area contributed by atoms with Gasteiger partial charge >= 0.3 is 0 Å². The lowest BCUT2D eigenvalue weighted by molar-refractivity contribution is 0.591. The van der Waals surface area contributed by atoms with Crippen LogP contribution < -0.4 is 5.56 Å². The Labute approximate surface area is 128 Å². The Morgan fingerprint density at radius 3 is 2.45 bits per heavy atom. The molecule has 4 aromatic rings. The summed E-state index contributed by atoms with van der Waals surface area (Å²) in [4.78, 5) is 15.4. The molecule has 0 aliphatic carbocycles. The predicted octanol–water partition coefficient (Wildman–Crippen LogP) is 4.23. The van der Waals surface area contributed by atoms with Crippen LogP contribution in [0.1, 0.15) is 26.3 Å². The lowest BCUT2D eigenvalue weighted by atomic mass is 9.87. The van der Waals surface area contributed by atoms with Crippen molar-refractivity contribution in [3.05, 3.63) is 64.4 Å². The summed E-state index contributed by atoms with van der Waals surface area (Å²) in [5, 5.41) is 1.08. The fraction of sp³-hybridized carbons (Fsp3) is 0.211. The molecular formula is C19H18N2O. The third kappa shape index (κ3) is 1.78. The molecule has 3 nitrogen and oxygen atoms in total. The van der Waals surface area contributed by atoms with Crippen molar-refractivity contribution in [3.63, 3.8) is 0 Å². The minimum Gasteiger partial charge on any atom is -0.319 e. The molecule has 0 aliphatic rings. The first-order valence-electron chi connectivity index (χ1n) is 7.52. The molecule has 1 N–H and O–H groups in total. The lowest BCUT2D eigenvalue weighted by Gasteiger charge is -2.19. The third-order valence-corrected chi connectivity index (χ3v) is 4.30. The van der Waals surface area contributed by atoms with Crippen LogP contribution in [0.25, 0.3) is 27.5 Å². The van der Waals surface area contributed by atoms with E-state index in [1.807, 2.05) is 30.3 Å². The number of hydrogen-bond donors (Lipinski definition) is 1. The molecule has 0 unspecified atom stereocenters. The largest absolute Gasteiger partial charge is 0.319 e. The van der Waals surface area contributed by atoms with Crippen LogP contribution in [0.15, 0.2) is 53.3 Å². The molecule has 0 atom stereocenters. The second kappa shape index (κ2) is 4.23. The normalized spacial score (nSPS) is 12.5. The fourth-order valence-corrected chi connectivity index (χ4v) is 3.06. The molecule has 110 valence electrons. The number of fused-ring (bicyclic) bond motifs is 5. The summed E-state index contributed by atoms with van der Waals surface area (Å²) >= 11 is 0. The SMILES string of the molecule is CC(C)(C)c1ccc2[nH]c(=O)c3cc4ccccc4n3c2c1. The number of aromatic nitrogens is 2. The van der Waals surface area contributed by atoms with Gasteiger partial charge in [-0.1, -0.05) is 45.0 Å². The molecule has 22 heavy (non-hydrogen) atoms. The maximum atomic E-state index is 12.4. The second-order valence-corrected chi connectivity index (χ2v) is 6.86. The van der Waals surface area contributed by atoms with Crippen molar-refractivity contribution in [2.24, 2.45) is 0 Å². The molecule has 3 heteroatoms. The van der Waals surface area contributed by atoms with Gasteiger partial charge < -0.3 is 9.38 Å². The topological polar surface area (TPSA) is 37.3 Å². The number of hydrogen-bond acceptors (Lipinski definition) is 1. The zero-order chi connectivity index (χ0) is 15.5. The quantitative estimate of drug-likeness (QED) is 0.517. The molecule has 2 aromatic carbocycles. The molecule has 2 heterocycles. The van der Waals surface area contributed by atoms with E-state index in [1.165, 1.54) is 5.56 Å². The van der Waals surface area contributed by atoms with Crippen LogP contribution in [0, 0.1) is 0 Å². The van der Waals surface area contributed by atoms with Crippen LogP contribution in [0.4, 0.5) is 0 Å². The van der Waals surface area contributed by atoms with Crippen LogP contribution in [-0.2, 0) is 5.41 Å². The standard InChI is InChI=1S/C19H18N2O/c1-19(2,3)13-8-9-14-16(11-13)21-15-7-5-4-6-12(15)10-17(21)18(22)20-14/h4-11H,1-3H3,(H,20,22). The zero-order valence-corrected chi connectivity index (χ0v) is 13.0. The van der Waals surface area contributed by atoms with Crippen LogP contribution in [0.5, 0.6) is 0 Å². The van der Waals surface area contributed by atoms with Gasteiger partial charge in [0.25, 0.3) is 5.56 Å². The van der Waals surface area contributed by atoms with Crippen LogP contribution in [0.2, 0.25) is 0 Å². The fourth-order valence-electron chi connectivity index (χ4n) is 3.06. The molecule has 0 bridgehead atoms. The summed E-state index contributed by atoms with van der Waals surface area (Å²) in [6, 6.07) is 16.4. The van der Waals surface area contributed by atoms with Gasteiger partial charge in [-0.25, -0.2) is 0 Å². The van der Waals surface area contributed by atoms with Crippen molar-refractivity contribution < 1.29 is 0 Å². The van der Waals surface area contributed by atoms with Gasteiger partial charge in [0, 0.05) is 5.39 Å². The highest BCUT2D eigenvalue weighted by Crippen LogP contribution is 2.27. The van der Waals surface area contributed by atoms with E-state index in [0.29, 0.717) is 5.52 Å². The number of nitrogens with one attached hydrogen (secondary N) is 1. The van der Waals surface area contributed by atoms with E-state index in [-0.39, 0.29) is 11.0 Å². The second-order valence-electron chi connectivity index (χ2n) is 6.86. The van der Waals surface area contributed by atoms with Crippen molar-refractivity contribution in [1.82, 2.24) is 9.38 Å². The first kappa shape index (κ1) is 13.1. The highest BCUT2D eigenvalue weighted by molar-refractivity contribution is 5.93. The first-order chi connectivity index (χ1) is 10.4. The van der Waals surface area contributed by atoms with E-state index >= 15 is 0 Å². The Bertz CT molecular complexity index is 1080. The summed E-state index contributed by atoms with van der Waals surface area (Å²) < 4.78 is 2.07. The van der Waals surface area contributed by atoms with Gasteiger partial charge in [-0.15, -0.1) is 0 Å². The van der Waals surface area contributed by atoms with Crippen LogP contribution in [-0.4, -0.2) is 9.38 Å². The average Bonchev–Trinajstić information content (AvgIpc) is 2.86. The van der Waals surface area contributed by atoms with Crippen molar-refractivity contribution in [2.75, 3.05) is 0 Å². The number of aromatic amines is 1. The van der Waals surface area contributed by atoms with E-state index in [9.17, 15) is 4.79 Å². The van der Waals surface area contributed by atoms with E-state index in [2.05, 4.69) is 48.4 Å². The van der Waals surface area contributed by atoms with E-state index in [4.69, 9.17) is 0 Å². The van der Waals surface area contributed by atoms with Gasteiger partial charge in [0.05, 0.1) is 16.6 Å². The molecule has 4 rings (SSSR count). The number of para-hydroxylation sites is 1. The molecule has 0 radical (unpaired) electrons. The van der Waals surface area contributed by atoms with Gasteiger partial charge in [-0.2, -0.15) is 0 Å². The average molecular weight is 290 g/mol. The van der Waals surface area contributed by atoms with E-state index in [1.54, 1.807) is 0 Å². The van der Waals surface area contributed by atoms with E-state index < -0.39 is 0 Å². The van der Waals surface area contributed by atoms with Crippen LogP contribution >= 0.6 is 0 Å². The summed E-state index contributed by atoms with van der Waals surface area (Å²) in [6.07, 6.45) is 0. The van der Waals surface area contributed by atoms with Crippen LogP contribution in [0.3, 0.4) is 0 Å². The number of nitrogens with zero attached hydrogens (tertiary/aromatic N) is 1. The Balaban J connectivity index is 2.27. The minimum absolute atomic E-state index is 0.0489. The molecule has 0 spiro atoms. The summed E-state index contributed by atoms with van der Waals surface area (Å²) in [6.45, 7) is 6.60. The summed E-state index contributed by atoms with van der Waals surface area (Å²) in [5.41, 5.74) is 4.95. The van der Waals surface area contributed by atoms with Crippen molar-refractivity contribution >= 4 is 27.5 Å². The summed E-state index contributed by atoms with van der Waals surface area (Å²) in [5.74, 6) is 0. The van der Waals surface area contributed by atoms with Gasteiger partial charge in [0.1, 0.15) is 5.52 Å². The highest BCUT2D eigenvalue weighted by Gasteiger charge is 2.16. The molecule has 0 amide bonds. The van der Waals surface area contributed by atoms with Gasteiger partial charge in [0.15, 0.2) is 0 Å². The Kier molecular flexibility index (Phi) is 2.52. The molecule has 2 aromatic heterocycles. The third-order valence-electron chi connectivity index (χ3n) is 4.30. The smallest absolute Gasteiger partial charge is 0.272 e. The van der Waals surface area contributed by atoms with Gasteiger partial charge in [-0.3, -0.25) is 4.79 Å². The zero-order valence-electron chi connectivity index (χ0n) is 13.0. The molecule has 0 aliphatic heterocycles. The van der Waals surface area contributed by atoms with Crippen molar-refractivity contribution in [2.45, 2.75) is 26.2 Å². The maximum absolute atomic E-state index is 12.4. The van der Waals surface area contributed by atoms with Crippen molar-refractivity contribution in [3.8, 4) is 0 Å². The van der Waals surface area contributed by atoms with E-state index in [0.717, 1.165) is 21.9 Å². The molecule has 0 saturated heterocycles. The predicted molar refractivity (Wildman–Crippen MR) is 91.7 cm³/mol. The Hall–Kier alpha value is -2.55. The van der Waals surface area contributed by atoms with Gasteiger partial charge in [0.2, 0.25) is 0 Å². The first-order valence-corrected chi connectivity index (χ1v) is 7.52.